The average molecular weight is 401 g/mol. The molecule has 0 saturated carbocycles. The third-order valence-corrected chi connectivity index (χ3v) is 6.45. The normalized spacial score (nSPS) is 21.6. The van der Waals surface area contributed by atoms with Crippen molar-refractivity contribution in [1.29, 1.82) is 0 Å². The lowest BCUT2D eigenvalue weighted by Gasteiger charge is -2.33. The maximum Gasteiger partial charge on any atom is 0.263 e. The van der Waals surface area contributed by atoms with Gasteiger partial charge in [0.2, 0.25) is 5.91 Å². The summed E-state index contributed by atoms with van der Waals surface area (Å²) in [6.45, 7) is 8.90. The number of fused-ring (bicyclic) bond motifs is 1. The number of rotatable bonds is 6. The van der Waals surface area contributed by atoms with E-state index in [0.29, 0.717) is 11.8 Å². The van der Waals surface area contributed by atoms with E-state index in [1.165, 1.54) is 32.1 Å². The summed E-state index contributed by atoms with van der Waals surface area (Å²) in [4.78, 5) is 26.0. The quantitative estimate of drug-likeness (QED) is 0.746. The molecule has 8 nitrogen and oxygen atoms in total. The molecule has 2 aliphatic heterocycles. The molecule has 2 aliphatic rings. The van der Waals surface area contributed by atoms with E-state index in [1.807, 2.05) is 6.92 Å². The summed E-state index contributed by atoms with van der Waals surface area (Å²) in [6, 6.07) is 0.686. The summed E-state index contributed by atoms with van der Waals surface area (Å²) in [6.07, 6.45) is 8.19. The second-order valence-electron chi connectivity index (χ2n) is 8.43. The Morgan fingerprint density at radius 3 is 2.83 bits per heavy atom. The number of anilines is 1. The van der Waals surface area contributed by atoms with Crippen molar-refractivity contribution in [2.75, 3.05) is 37.6 Å². The predicted octanol–water partition coefficient (Wildman–Crippen LogP) is 2.52. The van der Waals surface area contributed by atoms with Crippen LogP contribution in [0.1, 0.15) is 51.1 Å². The molecule has 158 valence electrons. The number of nitrogens with zero attached hydrogens (tertiary/aromatic N) is 5. The van der Waals surface area contributed by atoms with Gasteiger partial charge >= 0.3 is 0 Å². The van der Waals surface area contributed by atoms with E-state index >= 15 is 0 Å². The van der Waals surface area contributed by atoms with Gasteiger partial charge in [0, 0.05) is 38.1 Å². The lowest BCUT2D eigenvalue weighted by molar-refractivity contribution is -0.125. The van der Waals surface area contributed by atoms with Crippen LogP contribution in [-0.4, -0.2) is 64.7 Å². The van der Waals surface area contributed by atoms with Crippen molar-refractivity contribution in [1.82, 2.24) is 25.3 Å². The lowest BCUT2D eigenvalue weighted by atomic mass is 9.95. The molecule has 0 aromatic carbocycles. The molecule has 1 atom stereocenters. The van der Waals surface area contributed by atoms with Gasteiger partial charge in [-0.25, -0.2) is 4.98 Å². The van der Waals surface area contributed by atoms with Crippen molar-refractivity contribution in [3.05, 3.63) is 12.0 Å². The smallest absolute Gasteiger partial charge is 0.263 e. The summed E-state index contributed by atoms with van der Waals surface area (Å²) in [7, 11) is 0. The van der Waals surface area contributed by atoms with Crippen LogP contribution in [0.5, 0.6) is 0 Å². The number of aromatic nitrogens is 3. The zero-order valence-corrected chi connectivity index (χ0v) is 17.6. The Morgan fingerprint density at radius 1 is 1.21 bits per heavy atom. The van der Waals surface area contributed by atoms with Crippen LogP contribution in [0.25, 0.3) is 11.1 Å². The van der Waals surface area contributed by atoms with E-state index in [9.17, 15) is 4.79 Å². The topological polar surface area (TPSA) is 87.4 Å². The van der Waals surface area contributed by atoms with Crippen molar-refractivity contribution in [3.63, 3.8) is 0 Å². The van der Waals surface area contributed by atoms with Crippen molar-refractivity contribution >= 4 is 22.8 Å². The number of amides is 1. The minimum atomic E-state index is 0.0843. The fraction of sp³-hybridized carbons (Fsp3) is 0.714. The molecule has 2 aromatic rings. The van der Waals surface area contributed by atoms with E-state index in [0.717, 1.165) is 62.3 Å². The first-order valence-electron chi connectivity index (χ1n) is 11.0. The highest BCUT2D eigenvalue weighted by molar-refractivity contribution is 5.88. The highest BCUT2D eigenvalue weighted by atomic mass is 16.5. The first-order chi connectivity index (χ1) is 14.1. The van der Waals surface area contributed by atoms with Crippen molar-refractivity contribution in [3.8, 4) is 0 Å². The average Bonchev–Trinajstić information content (AvgIpc) is 3.13. The first-order valence-corrected chi connectivity index (χ1v) is 11.0. The predicted molar refractivity (Wildman–Crippen MR) is 112 cm³/mol. The molecule has 2 saturated heterocycles. The molecule has 1 unspecified atom stereocenters. The van der Waals surface area contributed by atoms with E-state index in [2.05, 4.69) is 37.2 Å². The van der Waals surface area contributed by atoms with Gasteiger partial charge in [0.05, 0.1) is 5.69 Å². The first kappa shape index (κ1) is 20.1. The van der Waals surface area contributed by atoms with E-state index in [4.69, 9.17) is 4.52 Å². The molecule has 0 bridgehead atoms. The van der Waals surface area contributed by atoms with E-state index in [1.54, 1.807) is 0 Å². The molecule has 0 aliphatic carbocycles. The highest BCUT2D eigenvalue weighted by Crippen LogP contribution is 2.29. The van der Waals surface area contributed by atoms with Crippen LogP contribution in [0.3, 0.4) is 0 Å². The third-order valence-electron chi connectivity index (χ3n) is 6.45. The van der Waals surface area contributed by atoms with Crippen LogP contribution in [0.15, 0.2) is 10.9 Å². The van der Waals surface area contributed by atoms with Gasteiger partial charge in [-0.05, 0) is 52.5 Å². The van der Waals surface area contributed by atoms with Crippen LogP contribution >= 0.6 is 0 Å². The lowest BCUT2D eigenvalue weighted by Crippen LogP contribution is -2.42. The summed E-state index contributed by atoms with van der Waals surface area (Å²) in [5.74, 6) is 1.15. The third kappa shape index (κ3) is 4.52. The monoisotopic (exact) mass is 400 g/mol. The second kappa shape index (κ2) is 9.07. The zero-order valence-electron chi connectivity index (χ0n) is 17.6. The standard InChI is InChI=1S/C21H32N6O2/c1-15-6-3-4-10-26(15)11-5-9-22-20(28)17-7-12-27(13-8-17)19-18-16(2)25-29-21(18)24-14-23-19/h14-15,17H,3-13H2,1-2H3,(H,22,28). The fourth-order valence-electron chi connectivity index (χ4n) is 4.62. The van der Waals surface area contributed by atoms with E-state index < -0.39 is 0 Å². The highest BCUT2D eigenvalue weighted by Gasteiger charge is 2.27. The molecule has 0 spiro atoms. The van der Waals surface area contributed by atoms with Gasteiger partial charge in [0.25, 0.3) is 5.71 Å². The number of aryl methyl sites for hydroxylation is 1. The van der Waals surface area contributed by atoms with Gasteiger partial charge in [-0.1, -0.05) is 11.6 Å². The van der Waals surface area contributed by atoms with Crippen LogP contribution < -0.4 is 10.2 Å². The van der Waals surface area contributed by atoms with Gasteiger partial charge in [-0.2, -0.15) is 4.98 Å². The van der Waals surface area contributed by atoms with Crippen LogP contribution in [0.4, 0.5) is 5.82 Å². The zero-order chi connectivity index (χ0) is 20.2. The molecule has 29 heavy (non-hydrogen) atoms. The Bertz CT molecular complexity index is 830. The van der Waals surface area contributed by atoms with E-state index in [-0.39, 0.29) is 11.8 Å². The van der Waals surface area contributed by atoms with Gasteiger partial charge in [0.15, 0.2) is 0 Å². The molecule has 8 heteroatoms. The van der Waals surface area contributed by atoms with Crippen LogP contribution in [0, 0.1) is 12.8 Å². The molecule has 4 rings (SSSR count). The van der Waals surface area contributed by atoms with Gasteiger partial charge in [0.1, 0.15) is 17.5 Å². The largest absolute Gasteiger partial charge is 0.356 e. The summed E-state index contributed by atoms with van der Waals surface area (Å²) >= 11 is 0. The Kier molecular flexibility index (Phi) is 6.28. The maximum atomic E-state index is 12.6. The number of nitrogens with one attached hydrogen (secondary N) is 1. The summed E-state index contributed by atoms with van der Waals surface area (Å²) in [5.41, 5.74) is 1.33. The van der Waals surface area contributed by atoms with Gasteiger partial charge < -0.3 is 19.6 Å². The Balaban J connectivity index is 1.23. The number of likely N-dealkylation sites (tertiary alicyclic amines) is 1. The molecule has 2 fully saturated rings. The summed E-state index contributed by atoms with van der Waals surface area (Å²) < 4.78 is 5.25. The fourth-order valence-corrected chi connectivity index (χ4v) is 4.62. The second-order valence-corrected chi connectivity index (χ2v) is 8.43. The molecule has 2 aromatic heterocycles. The Morgan fingerprint density at radius 2 is 2.03 bits per heavy atom. The minimum Gasteiger partial charge on any atom is -0.356 e. The molecule has 1 amide bonds. The Hall–Kier alpha value is -2.22. The SMILES string of the molecule is Cc1noc2ncnc(N3CCC(C(=O)NCCCN4CCCCC4C)CC3)c12. The number of hydrogen-bond donors (Lipinski definition) is 1. The van der Waals surface area contributed by atoms with Crippen molar-refractivity contribution < 1.29 is 9.32 Å². The van der Waals surface area contributed by atoms with Crippen LogP contribution in [0.2, 0.25) is 0 Å². The molecular formula is C21H32N6O2. The number of hydrogen-bond acceptors (Lipinski definition) is 7. The van der Waals surface area contributed by atoms with Gasteiger partial charge in [-0.3, -0.25) is 4.79 Å². The van der Waals surface area contributed by atoms with Crippen molar-refractivity contribution in [2.24, 2.45) is 5.92 Å². The summed E-state index contributed by atoms with van der Waals surface area (Å²) in [5, 5.41) is 8.04. The van der Waals surface area contributed by atoms with Crippen molar-refractivity contribution in [2.45, 2.75) is 58.4 Å². The van der Waals surface area contributed by atoms with Gasteiger partial charge in [-0.15, -0.1) is 0 Å². The number of carbonyl (C=O) groups excluding carboxylic acids is 1. The Labute approximate surface area is 172 Å². The molecule has 1 N–H and O–H groups in total. The molecular weight excluding hydrogens is 368 g/mol. The molecule has 4 heterocycles. The number of carbonyl (C=O) groups is 1. The minimum absolute atomic E-state index is 0.0843. The molecule has 0 radical (unpaired) electrons. The number of piperidine rings is 2. The maximum absolute atomic E-state index is 12.6. The van der Waals surface area contributed by atoms with Crippen LogP contribution in [-0.2, 0) is 4.79 Å².